The van der Waals surface area contributed by atoms with Gasteiger partial charge in [-0.2, -0.15) is 0 Å². The van der Waals surface area contributed by atoms with Crippen LogP contribution in [0.15, 0.2) is 42.5 Å². The van der Waals surface area contributed by atoms with Crippen LogP contribution in [0.4, 0.5) is 17.1 Å². The van der Waals surface area contributed by atoms with E-state index in [1.807, 2.05) is 0 Å². The summed E-state index contributed by atoms with van der Waals surface area (Å²) >= 11 is 5.95. The first-order valence-corrected chi connectivity index (χ1v) is 9.39. The normalized spacial score (nSPS) is 10.2. The van der Waals surface area contributed by atoms with Gasteiger partial charge in [-0.25, -0.2) is 0 Å². The maximum atomic E-state index is 11.9. The number of hydrogen-bond acceptors (Lipinski definition) is 6. The van der Waals surface area contributed by atoms with Gasteiger partial charge >= 0.3 is 5.97 Å². The third-order valence-electron chi connectivity index (χ3n) is 3.99. The number of carbonyl (C=O) groups is 3. The number of carbonyl (C=O) groups excluding carboxylic acids is 3. The van der Waals surface area contributed by atoms with Gasteiger partial charge < -0.3 is 15.4 Å². The number of para-hydroxylation sites is 1. The zero-order valence-electron chi connectivity index (χ0n) is 16.1. The summed E-state index contributed by atoms with van der Waals surface area (Å²) in [5, 5.41) is 16.4. The van der Waals surface area contributed by atoms with Crippen molar-refractivity contribution in [2.45, 2.75) is 26.2 Å². The number of amides is 2. The second-order valence-corrected chi connectivity index (χ2v) is 6.76. The molecule has 2 aromatic carbocycles. The summed E-state index contributed by atoms with van der Waals surface area (Å²) in [4.78, 5) is 45.9. The van der Waals surface area contributed by atoms with Crippen LogP contribution < -0.4 is 10.6 Å². The fraction of sp³-hybridized carbons (Fsp3) is 0.250. The zero-order valence-corrected chi connectivity index (χ0v) is 16.9. The van der Waals surface area contributed by atoms with Crippen molar-refractivity contribution in [1.29, 1.82) is 0 Å². The molecule has 0 saturated heterocycles. The Morgan fingerprint density at radius 2 is 1.80 bits per heavy atom. The Balaban J connectivity index is 1.70. The number of halogens is 1. The Labute approximate surface area is 177 Å². The molecular formula is C20H20ClN3O6. The number of ether oxygens (including phenoxy) is 1. The van der Waals surface area contributed by atoms with Crippen LogP contribution in [0.25, 0.3) is 0 Å². The average molecular weight is 434 g/mol. The molecule has 0 aliphatic heterocycles. The van der Waals surface area contributed by atoms with Crippen LogP contribution in [0.1, 0.15) is 24.8 Å². The highest BCUT2D eigenvalue weighted by Gasteiger charge is 2.14. The third kappa shape index (κ3) is 7.17. The molecule has 0 radical (unpaired) electrons. The summed E-state index contributed by atoms with van der Waals surface area (Å²) in [6.45, 7) is 1.05. The second kappa shape index (κ2) is 10.9. The summed E-state index contributed by atoms with van der Waals surface area (Å²) < 4.78 is 4.86. The maximum absolute atomic E-state index is 11.9. The SMILES string of the molecule is Cc1ccc(NC(=O)COC(=O)CCCC(=O)Nc2ccccc2Cl)cc1[N+](=O)[O-]. The number of rotatable bonds is 9. The maximum Gasteiger partial charge on any atom is 0.306 e. The van der Waals surface area contributed by atoms with Crippen molar-refractivity contribution in [2.24, 2.45) is 0 Å². The van der Waals surface area contributed by atoms with Crippen LogP contribution in [0, 0.1) is 17.0 Å². The van der Waals surface area contributed by atoms with Gasteiger partial charge in [0.15, 0.2) is 6.61 Å². The van der Waals surface area contributed by atoms with E-state index in [1.165, 1.54) is 18.2 Å². The molecule has 30 heavy (non-hydrogen) atoms. The number of esters is 1. The number of anilines is 2. The highest BCUT2D eigenvalue weighted by atomic mass is 35.5. The minimum absolute atomic E-state index is 0.0424. The summed E-state index contributed by atoms with van der Waals surface area (Å²) in [6.07, 6.45) is 0.277. The second-order valence-electron chi connectivity index (χ2n) is 6.35. The van der Waals surface area contributed by atoms with Gasteiger partial charge in [0.05, 0.1) is 15.6 Å². The van der Waals surface area contributed by atoms with Crippen molar-refractivity contribution in [3.8, 4) is 0 Å². The number of nitrogens with zero attached hydrogens (tertiary/aromatic N) is 1. The van der Waals surface area contributed by atoms with E-state index in [2.05, 4.69) is 10.6 Å². The standard InChI is InChI=1S/C20H20ClN3O6/c1-13-9-10-14(11-17(13)24(28)29)22-19(26)12-30-20(27)8-4-7-18(25)23-16-6-3-2-5-15(16)21/h2-3,5-6,9-11H,4,7-8,12H2,1H3,(H,22,26)(H,23,25). The Hall–Kier alpha value is -3.46. The van der Waals surface area contributed by atoms with E-state index < -0.39 is 23.4 Å². The lowest BCUT2D eigenvalue weighted by molar-refractivity contribution is -0.385. The van der Waals surface area contributed by atoms with E-state index >= 15 is 0 Å². The van der Waals surface area contributed by atoms with E-state index in [1.54, 1.807) is 31.2 Å². The number of nitro benzene ring substituents is 1. The number of aryl methyl sites for hydroxylation is 1. The summed E-state index contributed by atoms with van der Waals surface area (Å²) in [6, 6.07) is 11.0. The average Bonchev–Trinajstić information content (AvgIpc) is 2.69. The predicted octanol–water partition coefficient (Wildman–Crippen LogP) is 3.85. The van der Waals surface area contributed by atoms with E-state index in [-0.39, 0.29) is 36.5 Å². The molecule has 2 rings (SSSR count). The molecule has 0 aliphatic carbocycles. The van der Waals surface area contributed by atoms with Crippen molar-refractivity contribution < 1.29 is 24.0 Å². The van der Waals surface area contributed by atoms with Crippen molar-refractivity contribution in [3.63, 3.8) is 0 Å². The number of hydrogen-bond donors (Lipinski definition) is 2. The highest BCUT2D eigenvalue weighted by Crippen LogP contribution is 2.22. The molecule has 9 nitrogen and oxygen atoms in total. The Morgan fingerprint density at radius 3 is 2.50 bits per heavy atom. The van der Waals surface area contributed by atoms with Crippen molar-refractivity contribution in [2.75, 3.05) is 17.2 Å². The zero-order chi connectivity index (χ0) is 22.1. The lowest BCUT2D eigenvalue weighted by Crippen LogP contribution is -2.21. The van der Waals surface area contributed by atoms with Gasteiger partial charge in [-0.3, -0.25) is 24.5 Å². The topological polar surface area (TPSA) is 128 Å². The smallest absolute Gasteiger partial charge is 0.306 e. The third-order valence-corrected chi connectivity index (χ3v) is 4.32. The van der Waals surface area contributed by atoms with Gasteiger partial charge in [-0.05, 0) is 31.5 Å². The van der Waals surface area contributed by atoms with E-state index in [4.69, 9.17) is 16.3 Å². The van der Waals surface area contributed by atoms with Gasteiger partial charge in [0.1, 0.15) is 0 Å². The van der Waals surface area contributed by atoms with Crippen LogP contribution in [0.2, 0.25) is 5.02 Å². The van der Waals surface area contributed by atoms with Gasteiger partial charge in [-0.1, -0.05) is 29.8 Å². The van der Waals surface area contributed by atoms with Crippen molar-refractivity contribution in [1.82, 2.24) is 0 Å². The Bertz CT molecular complexity index is 963. The monoisotopic (exact) mass is 433 g/mol. The molecule has 0 aromatic heterocycles. The molecule has 0 bridgehead atoms. The molecular weight excluding hydrogens is 414 g/mol. The fourth-order valence-corrected chi connectivity index (χ4v) is 2.65. The summed E-state index contributed by atoms with van der Waals surface area (Å²) in [7, 11) is 0. The molecule has 2 aromatic rings. The molecule has 158 valence electrons. The lowest BCUT2D eigenvalue weighted by atomic mass is 10.2. The Kier molecular flexibility index (Phi) is 8.30. The summed E-state index contributed by atoms with van der Waals surface area (Å²) in [5.74, 6) is -1.56. The van der Waals surface area contributed by atoms with Crippen LogP contribution in [0.3, 0.4) is 0 Å². The van der Waals surface area contributed by atoms with Crippen LogP contribution in [-0.2, 0) is 19.1 Å². The highest BCUT2D eigenvalue weighted by molar-refractivity contribution is 6.33. The van der Waals surface area contributed by atoms with E-state index in [0.717, 1.165) is 0 Å². The van der Waals surface area contributed by atoms with Crippen LogP contribution in [-0.4, -0.2) is 29.3 Å². The molecule has 0 saturated carbocycles. The van der Waals surface area contributed by atoms with Crippen LogP contribution >= 0.6 is 11.6 Å². The molecule has 0 heterocycles. The lowest BCUT2D eigenvalue weighted by Gasteiger charge is -2.08. The largest absolute Gasteiger partial charge is 0.456 e. The van der Waals surface area contributed by atoms with Gasteiger partial charge in [0.25, 0.3) is 11.6 Å². The van der Waals surface area contributed by atoms with Gasteiger partial charge in [0.2, 0.25) is 5.91 Å². The minimum atomic E-state index is -0.634. The first kappa shape index (κ1) is 22.8. The molecule has 2 N–H and O–H groups in total. The summed E-state index contributed by atoms with van der Waals surface area (Å²) in [5.41, 5.74) is 1.05. The molecule has 0 aliphatic rings. The first-order chi connectivity index (χ1) is 14.3. The number of nitrogens with one attached hydrogen (secondary N) is 2. The molecule has 10 heteroatoms. The molecule has 0 fully saturated rings. The molecule has 0 atom stereocenters. The van der Waals surface area contributed by atoms with Gasteiger partial charge in [-0.15, -0.1) is 0 Å². The predicted molar refractivity (Wildman–Crippen MR) is 111 cm³/mol. The minimum Gasteiger partial charge on any atom is -0.456 e. The number of benzene rings is 2. The van der Waals surface area contributed by atoms with Crippen molar-refractivity contribution >= 4 is 46.4 Å². The van der Waals surface area contributed by atoms with E-state index in [0.29, 0.717) is 16.3 Å². The number of nitro groups is 1. The van der Waals surface area contributed by atoms with Crippen molar-refractivity contribution in [3.05, 3.63) is 63.2 Å². The molecule has 2 amide bonds. The Morgan fingerprint density at radius 1 is 1.07 bits per heavy atom. The fourth-order valence-electron chi connectivity index (χ4n) is 2.47. The first-order valence-electron chi connectivity index (χ1n) is 9.01. The van der Waals surface area contributed by atoms with Gasteiger partial charge in [0, 0.05) is 30.2 Å². The molecule has 0 spiro atoms. The van der Waals surface area contributed by atoms with E-state index in [9.17, 15) is 24.5 Å². The molecule has 0 unspecified atom stereocenters. The quantitative estimate of drug-likeness (QED) is 0.351. The van der Waals surface area contributed by atoms with Crippen LogP contribution in [0.5, 0.6) is 0 Å².